The van der Waals surface area contributed by atoms with E-state index in [4.69, 9.17) is 19.4 Å². The number of rotatable bonds is 8. The number of fused-ring (bicyclic) bond motifs is 4. The molecule has 0 aliphatic rings. The fraction of sp³-hybridized carbons (Fsp3) is 0. The van der Waals surface area contributed by atoms with Crippen molar-refractivity contribution in [3.63, 3.8) is 0 Å². The van der Waals surface area contributed by atoms with Crippen LogP contribution in [0, 0.1) is 0 Å². The summed E-state index contributed by atoms with van der Waals surface area (Å²) in [6.45, 7) is 0. The van der Waals surface area contributed by atoms with Crippen LogP contribution in [-0.4, -0.2) is 15.0 Å². The van der Waals surface area contributed by atoms with Crippen LogP contribution in [0.1, 0.15) is 0 Å². The highest BCUT2D eigenvalue weighted by Crippen LogP contribution is 2.40. The molecule has 2 heterocycles. The van der Waals surface area contributed by atoms with E-state index in [1.807, 2.05) is 30.3 Å². The zero-order valence-electron chi connectivity index (χ0n) is 35.3. The molecule has 0 saturated carbocycles. The molecule has 0 N–H and O–H groups in total. The molecule has 2 aromatic heterocycles. The molecule has 0 radical (unpaired) electrons. The summed E-state index contributed by atoms with van der Waals surface area (Å²) >= 11 is 0. The van der Waals surface area contributed by atoms with Crippen molar-refractivity contribution in [2.24, 2.45) is 0 Å². The minimum absolute atomic E-state index is 0.619. The van der Waals surface area contributed by atoms with Gasteiger partial charge in [0.15, 0.2) is 17.5 Å². The maximum absolute atomic E-state index is 6.14. The largest absolute Gasteiger partial charge is 0.456 e. The Labute approximate surface area is 376 Å². The zero-order chi connectivity index (χ0) is 43.1. The van der Waals surface area contributed by atoms with Crippen molar-refractivity contribution in [1.29, 1.82) is 0 Å². The van der Waals surface area contributed by atoms with E-state index < -0.39 is 0 Å². The van der Waals surface area contributed by atoms with Crippen LogP contribution in [0.2, 0.25) is 0 Å². The van der Waals surface area contributed by atoms with Gasteiger partial charge in [0, 0.05) is 27.5 Å². The van der Waals surface area contributed by atoms with E-state index in [1.54, 1.807) is 0 Å². The van der Waals surface area contributed by atoms with Gasteiger partial charge in [0.25, 0.3) is 0 Å². The maximum atomic E-state index is 6.14. The number of furan rings is 1. The topological polar surface area (TPSA) is 51.8 Å². The van der Waals surface area contributed by atoms with Crippen molar-refractivity contribution in [3.05, 3.63) is 237 Å². The highest BCUT2D eigenvalue weighted by atomic mass is 16.3. The lowest BCUT2D eigenvalue weighted by Crippen LogP contribution is -2.01. The molecule has 0 saturated heterocycles. The Bertz CT molecular complexity index is 3690. The number of para-hydroxylation sites is 1. The van der Waals surface area contributed by atoms with Crippen LogP contribution in [0.5, 0.6) is 0 Å². The molecule has 0 bridgehead atoms. The van der Waals surface area contributed by atoms with E-state index in [0.717, 1.165) is 72.0 Å². The first-order chi connectivity index (χ1) is 32.2. The van der Waals surface area contributed by atoms with Gasteiger partial charge in [-0.1, -0.05) is 212 Å². The van der Waals surface area contributed by atoms with Crippen LogP contribution in [0.25, 0.3) is 123 Å². The molecule has 0 spiro atoms. The molecule has 65 heavy (non-hydrogen) atoms. The summed E-state index contributed by atoms with van der Waals surface area (Å²) in [5, 5.41) is 4.70. The average Bonchev–Trinajstić information content (AvgIpc) is 3.77. The highest BCUT2D eigenvalue weighted by Gasteiger charge is 2.17. The van der Waals surface area contributed by atoms with Gasteiger partial charge in [-0.25, -0.2) is 15.0 Å². The van der Waals surface area contributed by atoms with Crippen molar-refractivity contribution < 1.29 is 4.42 Å². The SMILES string of the molecule is c1ccc(-c2cccc(-c3nc(-c4ccc(-c5ccc(-c6ccc(-c7ccc8oc9ccccc9c8c7)c7ccccc67)cc5)cc4)nc(-c4ccccc4-c4ccccc4)n3)c2)cc1. The van der Waals surface area contributed by atoms with E-state index in [0.29, 0.717) is 17.5 Å². The molecule has 0 aliphatic heterocycles. The monoisotopic (exact) mass is 829 g/mol. The second-order valence-electron chi connectivity index (χ2n) is 16.3. The van der Waals surface area contributed by atoms with Gasteiger partial charge in [0.2, 0.25) is 0 Å². The first-order valence-electron chi connectivity index (χ1n) is 21.9. The lowest BCUT2D eigenvalue weighted by molar-refractivity contribution is 0.669. The van der Waals surface area contributed by atoms with Gasteiger partial charge >= 0.3 is 0 Å². The molecule has 10 aromatic carbocycles. The smallest absolute Gasteiger partial charge is 0.164 e. The number of nitrogens with zero attached hydrogens (tertiary/aromatic N) is 3. The molecule has 304 valence electrons. The summed E-state index contributed by atoms with van der Waals surface area (Å²) in [7, 11) is 0. The Morgan fingerprint density at radius 2 is 0.662 bits per heavy atom. The molecule has 4 heteroatoms. The Morgan fingerprint density at radius 1 is 0.215 bits per heavy atom. The number of benzene rings is 10. The van der Waals surface area contributed by atoms with Gasteiger partial charge in [-0.15, -0.1) is 0 Å². The fourth-order valence-electron chi connectivity index (χ4n) is 9.12. The number of hydrogen-bond donors (Lipinski definition) is 0. The minimum Gasteiger partial charge on any atom is -0.456 e. The van der Waals surface area contributed by atoms with E-state index >= 15 is 0 Å². The highest BCUT2D eigenvalue weighted by molar-refractivity contribution is 6.09. The third-order valence-electron chi connectivity index (χ3n) is 12.4. The molecule has 4 nitrogen and oxygen atoms in total. The fourth-order valence-corrected chi connectivity index (χ4v) is 9.12. The lowest BCUT2D eigenvalue weighted by atomic mass is 9.91. The molecule has 0 aliphatic carbocycles. The number of hydrogen-bond acceptors (Lipinski definition) is 4. The average molecular weight is 830 g/mol. The van der Waals surface area contributed by atoms with Crippen molar-refractivity contribution in [2.45, 2.75) is 0 Å². The first kappa shape index (κ1) is 38.0. The Kier molecular flexibility index (Phi) is 9.46. The standard InChI is InChI=1S/C61H39N3O/c1-3-14-40(15-4-1)46-18-13-19-48(38-46)60-62-59(63-61(64-60)55-24-10-7-20-49(55)43-16-5-2-6-17-43)45-32-28-42(29-33-45)41-26-30-44(31-27-41)50-35-36-51(53-22-9-8-21-52(50)53)47-34-37-58-56(39-47)54-23-11-12-25-57(54)65-58/h1-39H. The predicted octanol–water partition coefficient (Wildman–Crippen LogP) is 16.3. The van der Waals surface area contributed by atoms with E-state index in [2.05, 4.69) is 206 Å². The van der Waals surface area contributed by atoms with Gasteiger partial charge in [0.1, 0.15) is 11.2 Å². The van der Waals surface area contributed by atoms with E-state index in [-0.39, 0.29) is 0 Å². The summed E-state index contributed by atoms with van der Waals surface area (Å²) < 4.78 is 6.14. The van der Waals surface area contributed by atoms with E-state index in [1.165, 1.54) is 33.0 Å². The second kappa shape index (κ2) is 16.2. The van der Waals surface area contributed by atoms with Gasteiger partial charge in [-0.05, 0) is 90.7 Å². The van der Waals surface area contributed by atoms with Crippen molar-refractivity contribution in [1.82, 2.24) is 15.0 Å². The number of aromatic nitrogens is 3. The molecular formula is C61H39N3O. The summed E-state index contributed by atoms with van der Waals surface area (Å²) in [5.74, 6) is 1.87. The second-order valence-corrected chi connectivity index (χ2v) is 16.3. The predicted molar refractivity (Wildman–Crippen MR) is 268 cm³/mol. The molecular weight excluding hydrogens is 791 g/mol. The van der Waals surface area contributed by atoms with Crippen molar-refractivity contribution >= 4 is 32.7 Å². The van der Waals surface area contributed by atoms with Gasteiger partial charge in [-0.3, -0.25) is 0 Å². The zero-order valence-corrected chi connectivity index (χ0v) is 35.3. The summed E-state index contributed by atoms with van der Waals surface area (Å²) in [6.07, 6.45) is 0. The molecule has 12 aromatic rings. The van der Waals surface area contributed by atoms with Gasteiger partial charge < -0.3 is 4.42 Å². The molecule has 0 fully saturated rings. The third kappa shape index (κ3) is 7.13. The summed E-state index contributed by atoms with van der Waals surface area (Å²) in [5.41, 5.74) is 16.0. The third-order valence-corrected chi connectivity index (χ3v) is 12.4. The minimum atomic E-state index is 0.619. The van der Waals surface area contributed by atoms with Crippen LogP contribution in [-0.2, 0) is 0 Å². The Hall–Kier alpha value is -8.73. The van der Waals surface area contributed by atoms with Crippen LogP contribution < -0.4 is 0 Å². The maximum Gasteiger partial charge on any atom is 0.164 e. The van der Waals surface area contributed by atoms with Crippen LogP contribution >= 0.6 is 0 Å². The van der Waals surface area contributed by atoms with Crippen LogP contribution in [0.15, 0.2) is 241 Å². The summed E-state index contributed by atoms with van der Waals surface area (Å²) in [6, 6.07) is 83.0. The molecule has 0 unspecified atom stereocenters. The molecule has 0 atom stereocenters. The normalized spacial score (nSPS) is 11.4. The molecule has 12 rings (SSSR count). The molecule has 0 amide bonds. The van der Waals surface area contributed by atoms with Crippen LogP contribution in [0.4, 0.5) is 0 Å². The quantitative estimate of drug-likeness (QED) is 0.153. The van der Waals surface area contributed by atoms with Crippen molar-refractivity contribution in [3.8, 4) is 89.8 Å². The Morgan fingerprint density at radius 3 is 1.37 bits per heavy atom. The van der Waals surface area contributed by atoms with Gasteiger partial charge in [0.05, 0.1) is 0 Å². The van der Waals surface area contributed by atoms with Crippen LogP contribution in [0.3, 0.4) is 0 Å². The lowest BCUT2D eigenvalue weighted by Gasteiger charge is -2.13. The first-order valence-corrected chi connectivity index (χ1v) is 21.9. The Balaban J connectivity index is 0.881. The van der Waals surface area contributed by atoms with Gasteiger partial charge in [-0.2, -0.15) is 0 Å². The summed E-state index contributed by atoms with van der Waals surface area (Å²) in [4.78, 5) is 15.4. The van der Waals surface area contributed by atoms with Crippen molar-refractivity contribution in [2.75, 3.05) is 0 Å². The van der Waals surface area contributed by atoms with E-state index in [9.17, 15) is 0 Å².